The molecule has 0 radical (unpaired) electrons. The molecule has 2 aromatic carbocycles. The molecular formula is C22H31IN4O3. The van der Waals surface area contributed by atoms with E-state index in [1.165, 1.54) is 0 Å². The first-order valence-corrected chi connectivity index (χ1v) is 9.94. The van der Waals surface area contributed by atoms with Crippen molar-refractivity contribution in [3.05, 3.63) is 48.0 Å². The van der Waals surface area contributed by atoms with E-state index in [2.05, 4.69) is 28.1 Å². The van der Waals surface area contributed by atoms with Crippen molar-refractivity contribution in [2.24, 2.45) is 4.99 Å². The van der Waals surface area contributed by atoms with Gasteiger partial charge in [-0.25, -0.2) is 4.99 Å². The van der Waals surface area contributed by atoms with Crippen LogP contribution >= 0.6 is 24.0 Å². The molecule has 2 aromatic rings. The number of ether oxygens (including phenoxy) is 2. The van der Waals surface area contributed by atoms with E-state index in [0.717, 1.165) is 55.7 Å². The molecular weight excluding hydrogens is 495 g/mol. The van der Waals surface area contributed by atoms with E-state index < -0.39 is 0 Å². The summed E-state index contributed by atoms with van der Waals surface area (Å²) in [6.45, 7) is 6.71. The molecule has 8 heteroatoms. The second kappa shape index (κ2) is 11.7. The minimum Gasteiger partial charge on any atom is -0.504 e. The van der Waals surface area contributed by atoms with Crippen LogP contribution in [0.15, 0.2) is 47.5 Å². The van der Waals surface area contributed by atoms with Gasteiger partial charge in [-0.15, -0.1) is 24.0 Å². The number of halogens is 1. The fourth-order valence-electron chi connectivity index (χ4n) is 3.50. The molecule has 0 bridgehead atoms. The largest absolute Gasteiger partial charge is 0.504 e. The van der Waals surface area contributed by atoms with Gasteiger partial charge in [-0.2, -0.15) is 0 Å². The van der Waals surface area contributed by atoms with Gasteiger partial charge >= 0.3 is 0 Å². The normalized spacial score (nSPS) is 14.2. The maximum Gasteiger partial charge on any atom is 0.194 e. The van der Waals surface area contributed by atoms with E-state index in [1.807, 2.05) is 30.3 Å². The second-order valence-electron chi connectivity index (χ2n) is 6.78. The smallest absolute Gasteiger partial charge is 0.194 e. The molecule has 1 heterocycles. The first kappa shape index (κ1) is 23.9. The third-order valence-corrected chi connectivity index (χ3v) is 5.04. The number of nitrogens with zero attached hydrogens (tertiary/aromatic N) is 3. The van der Waals surface area contributed by atoms with Crippen molar-refractivity contribution < 1.29 is 14.6 Å². The maximum absolute atomic E-state index is 10.3. The Hall–Kier alpha value is -2.36. The lowest BCUT2D eigenvalue weighted by Gasteiger charge is -2.38. The van der Waals surface area contributed by atoms with Crippen LogP contribution in [0.5, 0.6) is 17.2 Å². The van der Waals surface area contributed by atoms with Crippen molar-refractivity contribution in [3.63, 3.8) is 0 Å². The zero-order chi connectivity index (χ0) is 20.6. The Bertz CT molecular complexity index is 839. The number of hydrogen-bond acceptors (Lipinski definition) is 5. The number of hydrogen-bond donors (Lipinski definition) is 2. The number of benzene rings is 2. The third kappa shape index (κ3) is 5.62. The zero-order valence-corrected chi connectivity index (χ0v) is 20.1. The Balaban J connectivity index is 0.00000320. The molecule has 0 amide bonds. The summed E-state index contributed by atoms with van der Waals surface area (Å²) in [5.74, 6) is 2.37. The van der Waals surface area contributed by atoms with Crippen LogP contribution in [0.3, 0.4) is 0 Å². The zero-order valence-electron chi connectivity index (χ0n) is 17.8. The van der Waals surface area contributed by atoms with E-state index in [0.29, 0.717) is 12.3 Å². The van der Waals surface area contributed by atoms with Gasteiger partial charge in [0, 0.05) is 38.3 Å². The molecule has 3 rings (SSSR count). The lowest BCUT2D eigenvalue weighted by atomic mass is 10.2. The predicted octanol–water partition coefficient (Wildman–Crippen LogP) is 3.32. The van der Waals surface area contributed by atoms with E-state index in [-0.39, 0.29) is 29.7 Å². The maximum atomic E-state index is 10.3. The number of phenolic OH excluding ortho intramolecular Hbond substituents is 1. The molecule has 0 spiro atoms. The summed E-state index contributed by atoms with van der Waals surface area (Å²) >= 11 is 0. The van der Waals surface area contributed by atoms with Gasteiger partial charge in [-0.05, 0) is 25.1 Å². The van der Waals surface area contributed by atoms with Crippen LogP contribution < -0.4 is 19.7 Å². The minimum absolute atomic E-state index is 0. The average molecular weight is 526 g/mol. The number of piperazine rings is 1. The number of methoxy groups -OCH3 is 2. The highest BCUT2D eigenvalue weighted by Crippen LogP contribution is 2.30. The number of para-hydroxylation sites is 3. The molecule has 1 saturated heterocycles. The van der Waals surface area contributed by atoms with Crippen LogP contribution in [0.25, 0.3) is 0 Å². The van der Waals surface area contributed by atoms with E-state index in [4.69, 9.17) is 14.5 Å². The summed E-state index contributed by atoms with van der Waals surface area (Å²) in [5, 5.41) is 13.7. The van der Waals surface area contributed by atoms with Gasteiger partial charge in [0.2, 0.25) is 0 Å². The molecule has 0 saturated carbocycles. The SMILES string of the molecule is CCNC(=NCc1cccc(OC)c1O)N1CCN(c2ccccc2OC)CC1.I. The Kier molecular flexibility index (Phi) is 9.35. The second-order valence-corrected chi connectivity index (χ2v) is 6.78. The number of rotatable bonds is 6. The highest BCUT2D eigenvalue weighted by Gasteiger charge is 2.21. The number of nitrogens with one attached hydrogen (secondary N) is 1. The monoisotopic (exact) mass is 526 g/mol. The van der Waals surface area contributed by atoms with Crippen molar-refractivity contribution in [1.82, 2.24) is 10.2 Å². The summed E-state index contributed by atoms with van der Waals surface area (Å²) < 4.78 is 10.7. The van der Waals surface area contributed by atoms with Crippen LogP contribution in [0.1, 0.15) is 12.5 Å². The average Bonchev–Trinajstić information content (AvgIpc) is 2.77. The van der Waals surface area contributed by atoms with Crippen LogP contribution in [0.2, 0.25) is 0 Å². The lowest BCUT2D eigenvalue weighted by Crippen LogP contribution is -2.52. The van der Waals surface area contributed by atoms with Gasteiger partial charge in [0.1, 0.15) is 5.75 Å². The van der Waals surface area contributed by atoms with Gasteiger partial charge in [-0.3, -0.25) is 0 Å². The van der Waals surface area contributed by atoms with Gasteiger partial charge in [0.05, 0.1) is 26.5 Å². The third-order valence-electron chi connectivity index (χ3n) is 5.04. The molecule has 2 N–H and O–H groups in total. The van der Waals surface area contributed by atoms with Crippen LogP contribution in [0.4, 0.5) is 5.69 Å². The van der Waals surface area contributed by atoms with Gasteiger partial charge in [-0.1, -0.05) is 24.3 Å². The summed E-state index contributed by atoms with van der Waals surface area (Å²) in [6, 6.07) is 13.6. The molecule has 7 nitrogen and oxygen atoms in total. The van der Waals surface area contributed by atoms with Gasteiger partial charge in [0.25, 0.3) is 0 Å². The van der Waals surface area contributed by atoms with E-state index >= 15 is 0 Å². The molecule has 0 atom stereocenters. The minimum atomic E-state index is 0. The van der Waals surface area contributed by atoms with Crippen LogP contribution in [0, 0.1) is 0 Å². The van der Waals surface area contributed by atoms with Crippen molar-refractivity contribution in [2.75, 3.05) is 51.8 Å². The van der Waals surface area contributed by atoms with E-state index in [9.17, 15) is 5.11 Å². The highest BCUT2D eigenvalue weighted by molar-refractivity contribution is 14.0. The molecule has 1 aliphatic heterocycles. The number of aromatic hydroxyl groups is 1. The Morgan fingerprint density at radius 2 is 1.67 bits per heavy atom. The molecule has 0 unspecified atom stereocenters. The van der Waals surface area contributed by atoms with Crippen molar-refractivity contribution in [1.29, 1.82) is 0 Å². The molecule has 1 fully saturated rings. The van der Waals surface area contributed by atoms with Crippen molar-refractivity contribution in [2.45, 2.75) is 13.5 Å². The predicted molar refractivity (Wildman–Crippen MR) is 132 cm³/mol. The fraction of sp³-hybridized carbons (Fsp3) is 0.409. The first-order valence-electron chi connectivity index (χ1n) is 9.94. The number of anilines is 1. The summed E-state index contributed by atoms with van der Waals surface area (Å²) in [4.78, 5) is 9.34. The van der Waals surface area contributed by atoms with E-state index in [1.54, 1.807) is 20.3 Å². The van der Waals surface area contributed by atoms with Crippen LogP contribution in [-0.4, -0.2) is 62.9 Å². The topological polar surface area (TPSA) is 69.6 Å². The molecule has 30 heavy (non-hydrogen) atoms. The molecule has 1 aliphatic rings. The van der Waals surface area contributed by atoms with Crippen LogP contribution in [-0.2, 0) is 6.54 Å². The Morgan fingerprint density at radius 3 is 2.33 bits per heavy atom. The number of aliphatic imine (C=N–C) groups is 1. The van der Waals surface area contributed by atoms with Crippen molar-refractivity contribution in [3.8, 4) is 17.2 Å². The number of guanidine groups is 1. The molecule has 164 valence electrons. The first-order chi connectivity index (χ1) is 14.2. The fourth-order valence-corrected chi connectivity index (χ4v) is 3.50. The lowest BCUT2D eigenvalue weighted by molar-refractivity contribution is 0.365. The standard InChI is InChI=1S/C22H30N4O3.HI/c1-4-23-22(24-16-17-8-7-11-20(29-3)21(17)27)26-14-12-25(13-15-26)18-9-5-6-10-19(18)28-2;/h5-11,27H,4,12-16H2,1-3H3,(H,23,24);1H. The molecule has 0 aromatic heterocycles. The summed E-state index contributed by atoms with van der Waals surface area (Å²) in [6.07, 6.45) is 0. The van der Waals surface area contributed by atoms with Gasteiger partial charge in [0.15, 0.2) is 17.5 Å². The Labute approximate surface area is 195 Å². The molecule has 0 aliphatic carbocycles. The highest BCUT2D eigenvalue weighted by atomic mass is 127. The summed E-state index contributed by atoms with van der Waals surface area (Å²) in [7, 11) is 3.26. The van der Waals surface area contributed by atoms with Crippen molar-refractivity contribution >= 4 is 35.6 Å². The Morgan fingerprint density at radius 1 is 1.00 bits per heavy atom. The number of phenols is 1. The quantitative estimate of drug-likeness (QED) is 0.342. The van der Waals surface area contributed by atoms with Gasteiger partial charge < -0.3 is 29.7 Å². The summed E-state index contributed by atoms with van der Waals surface area (Å²) in [5.41, 5.74) is 1.87.